The zero-order chi connectivity index (χ0) is 14.9. The molecule has 0 bridgehead atoms. The number of hydrogen-bond acceptors (Lipinski definition) is 3. The predicted molar refractivity (Wildman–Crippen MR) is 87.1 cm³/mol. The van der Waals surface area contributed by atoms with Crippen molar-refractivity contribution in [3.05, 3.63) is 54.1 Å². The van der Waals surface area contributed by atoms with Crippen LogP contribution in [-0.2, 0) is 0 Å². The highest BCUT2D eigenvalue weighted by atomic mass is 16.5. The van der Waals surface area contributed by atoms with Gasteiger partial charge in [0, 0.05) is 6.21 Å². The summed E-state index contributed by atoms with van der Waals surface area (Å²) in [4.78, 5) is 4.45. The van der Waals surface area contributed by atoms with Crippen molar-refractivity contribution in [1.82, 2.24) is 0 Å². The quantitative estimate of drug-likeness (QED) is 0.694. The number of benzene rings is 2. The Morgan fingerprint density at radius 3 is 2.10 bits per heavy atom. The van der Waals surface area contributed by atoms with E-state index in [1.165, 1.54) is 0 Å². The Bertz CT molecular complexity index is 559. The van der Waals surface area contributed by atoms with Crippen molar-refractivity contribution in [3.8, 4) is 11.5 Å². The van der Waals surface area contributed by atoms with E-state index >= 15 is 0 Å². The maximum atomic E-state index is 5.55. The molecule has 0 N–H and O–H groups in total. The molecule has 2 rings (SSSR count). The lowest BCUT2D eigenvalue weighted by atomic mass is 10.2. The smallest absolute Gasteiger partial charge is 0.119 e. The summed E-state index contributed by atoms with van der Waals surface area (Å²) in [6, 6.07) is 15.7. The normalized spacial score (nSPS) is 10.8. The summed E-state index contributed by atoms with van der Waals surface area (Å²) in [6.07, 6.45) is 2.86. The first-order valence-corrected chi connectivity index (χ1v) is 7.31. The van der Waals surface area contributed by atoms with Crippen molar-refractivity contribution < 1.29 is 9.47 Å². The molecule has 0 saturated heterocycles. The molecule has 0 aliphatic rings. The highest BCUT2D eigenvalue weighted by molar-refractivity contribution is 5.82. The molecule has 0 aromatic heterocycles. The Balaban J connectivity index is 1.96. The fourth-order valence-electron chi connectivity index (χ4n) is 1.81. The van der Waals surface area contributed by atoms with Crippen LogP contribution in [0, 0.1) is 0 Å². The Kier molecular flexibility index (Phi) is 5.83. The second-order valence-electron chi connectivity index (χ2n) is 4.60. The third-order valence-corrected chi connectivity index (χ3v) is 2.86. The van der Waals surface area contributed by atoms with Gasteiger partial charge >= 0.3 is 0 Å². The molecule has 0 unspecified atom stereocenters. The minimum absolute atomic E-state index is 0.676. The molecule has 2 aromatic rings. The van der Waals surface area contributed by atoms with Gasteiger partial charge in [0.15, 0.2) is 0 Å². The number of nitrogens with zero attached hydrogens (tertiary/aromatic N) is 1. The molecular formula is C18H21NO2. The summed E-state index contributed by atoms with van der Waals surface area (Å²) in [7, 11) is 0. The lowest BCUT2D eigenvalue weighted by molar-refractivity contribution is 0.317. The summed E-state index contributed by atoms with van der Waals surface area (Å²) >= 11 is 0. The Morgan fingerprint density at radius 2 is 1.48 bits per heavy atom. The zero-order valence-electron chi connectivity index (χ0n) is 12.6. The van der Waals surface area contributed by atoms with E-state index in [9.17, 15) is 0 Å². The van der Waals surface area contributed by atoms with Gasteiger partial charge in [-0.05, 0) is 67.4 Å². The first-order chi connectivity index (χ1) is 10.3. The predicted octanol–water partition coefficient (Wildman–Crippen LogP) is 4.62. The minimum Gasteiger partial charge on any atom is -0.494 e. The highest BCUT2D eigenvalue weighted by Gasteiger charge is 1.94. The van der Waals surface area contributed by atoms with Gasteiger partial charge in [0.25, 0.3) is 0 Å². The summed E-state index contributed by atoms with van der Waals surface area (Å²) in [5.74, 6) is 1.77. The van der Waals surface area contributed by atoms with Gasteiger partial charge < -0.3 is 9.47 Å². The van der Waals surface area contributed by atoms with Crippen LogP contribution in [0.25, 0.3) is 0 Å². The molecule has 0 aliphatic heterocycles. The second-order valence-corrected chi connectivity index (χ2v) is 4.60. The molecule has 2 aromatic carbocycles. The number of ether oxygens (including phenoxy) is 2. The fraction of sp³-hybridized carbons (Fsp3) is 0.278. The Hall–Kier alpha value is -2.29. The molecule has 3 nitrogen and oxygen atoms in total. The molecule has 0 saturated carbocycles. The van der Waals surface area contributed by atoms with Gasteiger partial charge in [-0.2, -0.15) is 0 Å². The van der Waals surface area contributed by atoms with E-state index in [0.29, 0.717) is 6.61 Å². The van der Waals surface area contributed by atoms with Crippen molar-refractivity contribution in [3.63, 3.8) is 0 Å². The molecule has 0 radical (unpaired) electrons. The monoisotopic (exact) mass is 283 g/mol. The van der Waals surface area contributed by atoms with Crippen LogP contribution in [0.2, 0.25) is 0 Å². The van der Waals surface area contributed by atoms with Crippen molar-refractivity contribution in [2.24, 2.45) is 4.99 Å². The molecule has 0 spiro atoms. The van der Waals surface area contributed by atoms with Crippen molar-refractivity contribution >= 4 is 11.9 Å². The van der Waals surface area contributed by atoms with E-state index < -0.39 is 0 Å². The molecule has 0 heterocycles. The average Bonchev–Trinajstić information content (AvgIpc) is 2.53. The van der Waals surface area contributed by atoms with Gasteiger partial charge in [0.2, 0.25) is 0 Å². The van der Waals surface area contributed by atoms with Crippen molar-refractivity contribution in [1.29, 1.82) is 0 Å². The van der Waals surface area contributed by atoms with E-state index in [1.807, 2.05) is 61.7 Å². The third kappa shape index (κ3) is 4.95. The van der Waals surface area contributed by atoms with Gasteiger partial charge in [0.05, 0.1) is 18.9 Å². The van der Waals surface area contributed by atoms with Gasteiger partial charge in [-0.25, -0.2) is 0 Å². The SMILES string of the molecule is CCCOc1ccc(C=Nc2ccc(OCC)cc2)cc1. The van der Waals surface area contributed by atoms with E-state index in [4.69, 9.17) is 9.47 Å². The maximum absolute atomic E-state index is 5.55. The molecule has 21 heavy (non-hydrogen) atoms. The van der Waals surface area contributed by atoms with Crippen LogP contribution in [0.5, 0.6) is 11.5 Å². The van der Waals surface area contributed by atoms with Gasteiger partial charge in [-0.1, -0.05) is 6.92 Å². The van der Waals surface area contributed by atoms with E-state index in [1.54, 1.807) is 0 Å². The third-order valence-electron chi connectivity index (χ3n) is 2.86. The van der Waals surface area contributed by atoms with Gasteiger partial charge in [0.1, 0.15) is 11.5 Å². The summed E-state index contributed by atoms with van der Waals surface area (Å²) in [6.45, 7) is 5.49. The molecule has 0 aliphatic carbocycles. The molecule has 3 heteroatoms. The number of hydrogen-bond donors (Lipinski definition) is 0. The molecule has 110 valence electrons. The number of rotatable bonds is 7. The van der Waals surface area contributed by atoms with Gasteiger partial charge in [-0.3, -0.25) is 4.99 Å². The van der Waals surface area contributed by atoms with Crippen LogP contribution in [0.15, 0.2) is 53.5 Å². The lowest BCUT2D eigenvalue weighted by Gasteiger charge is -2.04. The van der Waals surface area contributed by atoms with E-state index in [0.717, 1.165) is 35.8 Å². The topological polar surface area (TPSA) is 30.8 Å². The zero-order valence-corrected chi connectivity index (χ0v) is 12.6. The van der Waals surface area contributed by atoms with Crippen molar-refractivity contribution in [2.75, 3.05) is 13.2 Å². The number of aliphatic imine (C=N–C) groups is 1. The van der Waals surface area contributed by atoms with Crippen LogP contribution in [0.4, 0.5) is 5.69 Å². The Morgan fingerprint density at radius 1 is 0.857 bits per heavy atom. The minimum atomic E-state index is 0.676. The first kappa shape index (κ1) is 15.1. The van der Waals surface area contributed by atoms with Gasteiger partial charge in [-0.15, -0.1) is 0 Å². The molecule has 0 fully saturated rings. The summed E-state index contributed by atoms with van der Waals surface area (Å²) in [5.41, 5.74) is 1.96. The summed E-state index contributed by atoms with van der Waals surface area (Å²) < 4.78 is 11.0. The first-order valence-electron chi connectivity index (χ1n) is 7.31. The van der Waals surface area contributed by atoms with Crippen LogP contribution in [0.1, 0.15) is 25.8 Å². The summed E-state index contributed by atoms with van der Waals surface area (Å²) in [5, 5.41) is 0. The van der Waals surface area contributed by atoms with Crippen LogP contribution in [0.3, 0.4) is 0 Å². The second kappa shape index (κ2) is 8.10. The van der Waals surface area contributed by atoms with Crippen LogP contribution in [-0.4, -0.2) is 19.4 Å². The molecular weight excluding hydrogens is 262 g/mol. The average molecular weight is 283 g/mol. The lowest BCUT2D eigenvalue weighted by Crippen LogP contribution is -1.94. The Labute approximate surface area is 126 Å². The fourth-order valence-corrected chi connectivity index (χ4v) is 1.81. The van der Waals surface area contributed by atoms with Crippen LogP contribution >= 0.6 is 0 Å². The highest BCUT2D eigenvalue weighted by Crippen LogP contribution is 2.18. The van der Waals surface area contributed by atoms with Crippen LogP contribution < -0.4 is 9.47 Å². The molecule has 0 amide bonds. The van der Waals surface area contributed by atoms with E-state index in [2.05, 4.69) is 11.9 Å². The molecule has 0 atom stereocenters. The standard InChI is InChI=1S/C18H21NO2/c1-3-13-21-18-9-5-15(6-10-18)14-19-16-7-11-17(12-8-16)20-4-2/h5-12,14H,3-4,13H2,1-2H3. The maximum Gasteiger partial charge on any atom is 0.119 e. The largest absolute Gasteiger partial charge is 0.494 e. The van der Waals surface area contributed by atoms with Crippen molar-refractivity contribution in [2.45, 2.75) is 20.3 Å². The van der Waals surface area contributed by atoms with E-state index in [-0.39, 0.29) is 0 Å².